The topological polar surface area (TPSA) is 46.6 Å². The molecule has 18 heavy (non-hydrogen) atoms. The Bertz CT molecular complexity index is 442. The van der Waals surface area contributed by atoms with Crippen LogP contribution < -0.4 is 0 Å². The maximum Gasteiger partial charge on any atom is 0.327 e. The lowest BCUT2D eigenvalue weighted by molar-refractivity contribution is 0.217. The van der Waals surface area contributed by atoms with Gasteiger partial charge in [0, 0.05) is 6.42 Å². The lowest BCUT2D eigenvalue weighted by Gasteiger charge is -2.39. The Balaban J connectivity index is 2.44. The smallest absolute Gasteiger partial charge is 0.327 e. The molecule has 0 bridgehead atoms. The van der Waals surface area contributed by atoms with Gasteiger partial charge in [-0.3, -0.25) is 4.90 Å². The van der Waals surface area contributed by atoms with Gasteiger partial charge in [-0.1, -0.05) is 25.4 Å². The van der Waals surface area contributed by atoms with Gasteiger partial charge in [-0.15, -0.1) is 0 Å². The third-order valence-corrected chi connectivity index (χ3v) is 5.90. The van der Waals surface area contributed by atoms with Crippen LogP contribution in [0.3, 0.4) is 0 Å². The quantitative estimate of drug-likeness (QED) is 0.592. The summed E-state index contributed by atoms with van der Waals surface area (Å²) < 4.78 is 28.1. The van der Waals surface area contributed by atoms with Gasteiger partial charge < -0.3 is 4.18 Å². The fourth-order valence-corrected chi connectivity index (χ4v) is 4.45. The van der Waals surface area contributed by atoms with E-state index in [2.05, 4.69) is 4.90 Å². The maximum atomic E-state index is 12.0. The molecule has 4 nitrogen and oxygen atoms in total. The number of allylic oxidation sites excluding steroid dienone is 1. The van der Waals surface area contributed by atoms with Crippen LogP contribution in [-0.2, 0) is 14.3 Å². The van der Waals surface area contributed by atoms with Crippen LogP contribution in [0.25, 0.3) is 0 Å². The molecule has 0 aromatic heterocycles. The summed E-state index contributed by atoms with van der Waals surface area (Å²) in [7, 11) is -3.68. The molecule has 0 fully saturated rings. The fraction of sp³-hybridized carbons (Fsp3) is 0.833. The molecule has 0 aromatic rings. The van der Waals surface area contributed by atoms with E-state index >= 15 is 0 Å². The van der Waals surface area contributed by atoms with Gasteiger partial charge in [0.25, 0.3) is 0 Å². The molecule has 6 heteroatoms. The first kappa shape index (κ1) is 14.2. The van der Waals surface area contributed by atoms with Crippen molar-refractivity contribution in [3.8, 4) is 0 Å². The highest BCUT2D eigenvalue weighted by Gasteiger charge is 2.45. The van der Waals surface area contributed by atoms with Crippen molar-refractivity contribution >= 4 is 21.7 Å². The minimum Gasteiger partial charge on any atom is -0.386 e. The van der Waals surface area contributed by atoms with Crippen molar-refractivity contribution in [1.29, 1.82) is 0 Å². The molecule has 0 saturated carbocycles. The second-order valence-corrected chi connectivity index (χ2v) is 7.14. The minimum atomic E-state index is -3.68. The van der Waals surface area contributed by atoms with E-state index in [1.54, 1.807) is 0 Å². The van der Waals surface area contributed by atoms with Gasteiger partial charge in [-0.25, -0.2) is 0 Å². The summed E-state index contributed by atoms with van der Waals surface area (Å²) in [6.45, 7) is 5.63. The Morgan fingerprint density at radius 3 is 2.50 bits per heavy atom. The lowest BCUT2D eigenvalue weighted by atomic mass is 9.92. The van der Waals surface area contributed by atoms with Crippen LogP contribution in [-0.4, -0.2) is 37.2 Å². The van der Waals surface area contributed by atoms with Gasteiger partial charge in [0.15, 0.2) is 4.71 Å². The zero-order valence-corrected chi connectivity index (χ0v) is 12.4. The van der Waals surface area contributed by atoms with Gasteiger partial charge in [0.2, 0.25) is 0 Å². The molecule has 1 aliphatic carbocycles. The van der Waals surface area contributed by atoms with Crippen LogP contribution in [0.5, 0.6) is 0 Å². The molecule has 0 N–H and O–H groups in total. The molecule has 0 aromatic carbocycles. The van der Waals surface area contributed by atoms with E-state index in [-0.39, 0.29) is 6.04 Å². The zero-order chi connectivity index (χ0) is 13.3. The van der Waals surface area contributed by atoms with Gasteiger partial charge in [0.05, 0.1) is 6.04 Å². The predicted molar refractivity (Wildman–Crippen MR) is 71.8 cm³/mol. The normalized spacial score (nSPS) is 31.1. The number of rotatable bonds is 3. The van der Waals surface area contributed by atoms with Crippen LogP contribution in [0.15, 0.2) is 11.3 Å². The molecule has 2 rings (SSSR count). The summed E-state index contributed by atoms with van der Waals surface area (Å²) in [5.41, 5.74) is 1.10. The summed E-state index contributed by atoms with van der Waals surface area (Å²) >= 11 is 6.16. The van der Waals surface area contributed by atoms with Crippen LogP contribution in [0, 0.1) is 0 Å². The summed E-state index contributed by atoms with van der Waals surface area (Å²) in [6, 6.07) is -0.226. The van der Waals surface area contributed by atoms with Crippen molar-refractivity contribution in [3.05, 3.63) is 11.3 Å². The van der Waals surface area contributed by atoms with Gasteiger partial charge >= 0.3 is 10.1 Å². The molecule has 1 aliphatic heterocycles. The van der Waals surface area contributed by atoms with Crippen LogP contribution in [0.4, 0.5) is 0 Å². The SMILES string of the molecule is CCN(CC)C1C2=C(CCCC2)OS(=O)(=O)C1Cl. The Kier molecular flexibility index (Phi) is 4.24. The molecule has 1 heterocycles. The molecule has 2 aliphatic rings. The van der Waals surface area contributed by atoms with Gasteiger partial charge in [0.1, 0.15) is 5.76 Å². The first-order valence-electron chi connectivity index (χ1n) is 6.54. The lowest BCUT2D eigenvalue weighted by Crippen LogP contribution is -2.49. The maximum absolute atomic E-state index is 12.0. The summed E-state index contributed by atoms with van der Waals surface area (Å²) in [5, 5.41) is 0. The summed E-state index contributed by atoms with van der Waals surface area (Å²) in [4.78, 5) is 2.11. The summed E-state index contributed by atoms with van der Waals surface area (Å²) in [5.74, 6) is 0.648. The second kappa shape index (κ2) is 5.39. The molecular formula is C12H20ClNO3S. The second-order valence-electron chi connectivity index (χ2n) is 4.75. The first-order valence-corrected chi connectivity index (χ1v) is 8.45. The van der Waals surface area contributed by atoms with E-state index in [1.807, 2.05) is 13.8 Å². The van der Waals surface area contributed by atoms with E-state index in [1.165, 1.54) is 0 Å². The van der Waals surface area contributed by atoms with Crippen molar-refractivity contribution in [3.63, 3.8) is 0 Å². The first-order chi connectivity index (χ1) is 8.51. The van der Waals surface area contributed by atoms with Crippen molar-refractivity contribution in [2.75, 3.05) is 13.1 Å². The molecule has 0 amide bonds. The number of likely N-dealkylation sites (N-methyl/N-ethyl adjacent to an activating group) is 1. The van der Waals surface area contributed by atoms with E-state index < -0.39 is 14.8 Å². The van der Waals surface area contributed by atoms with E-state index in [9.17, 15) is 8.42 Å². The highest BCUT2D eigenvalue weighted by atomic mass is 35.5. The molecule has 2 unspecified atom stereocenters. The van der Waals surface area contributed by atoms with E-state index in [4.69, 9.17) is 15.8 Å². The van der Waals surface area contributed by atoms with Crippen LogP contribution in [0.1, 0.15) is 39.5 Å². The molecular weight excluding hydrogens is 274 g/mol. The Morgan fingerprint density at radius 1 is 1.28 bits per heavy atom. The number of halogens is 1. The van der Waals surface area contributed by atoms with Crippen molar-refractivity contribution < 1.29 is 12.6 Å². The third kappa shape index (κ3) is 2.40. The predicted octanol–water partition coefficient (Wildman–Crippen LogP) is 2.45. The van der Waals surface area contributed by atoms with Crippen molar-refractivity contribution in [2.45, 2.75) is 50.3 Å². The molecule has 2 atom stereocenters. The largest absolute Gasteiger partial charge is 0.386 e. The number of hydrogen-bond acceptors (Lipinski definition) is 4. The minimum absolute atomic E-state index is 0.226. The standard InChI is InChI=1S/C12H20ClNO3S/c1-3-14(4-2)11-9-7-5-6-8-10(9)17-18(15,16)12(11)13/h11-12H,3-8H2,1-2H3. The van der Waals surface area contributed by atoms with Crippen LogP contribution in [0.2, 0.25) is 0 Å². The molecule has 0 spiro atoms. The van der Waals surface area contributed by atoms with E-state index in [0.29, 0.717) is 5.76 Å². The average molecular weight is 294 g/mol. The Morgan fingerprint density at radius 2 is 1.89 bits per heavy atom. The van der Waals surface area contributed by atoms with Gasteiger partial charge in [-0.05, 0) is 37.9 Å². The highest BCUT2D eigenvalue weighted by molar-refractivity contribution is 7.88. The molecule has 104 valence electrons. The zero-order valence-electron chi connectivity index (χ0n) is 10.9. The average Bonchev–Trinajstić information content (AvgIpc) is 2.34. The van der Waals surface area contributed by atoms with Crippen LogP contribution >= 0.6 is 11.6 Å². The highest BCUT2D eigenvalue weighted by Crippen LogP contribution is 2.39. The van der Waals surface area contributed by atoms with Gasteiger partial charge in [-0.2, -0.15) is 8.42 Å². The number of nitrogens with zero attached hydrogens (tertiary/aromatic N) is 1. The number of alkyl halides is 1. The summed E-state index contributed by atoms with van der Waals surface area (Å²) in [6.07, 6.45) is 3.70. The third-order valence-electron chi connectivity index (χ3n) is 3.76. The monoisotopic (exact) mass is 293 g/mol. The molecule has 0 saturated heterocycles. The van der Waals surface area contributed by atoms with Crippen molar-refractivity contribution in [1.82, 2.24) is 4.90 Å². The van der Waals surface area contributed by atoms with Crippen molar-refractivity contribution in [2.24, 2.45) is 0 Å². The fourth-order valence-electron chi connectivity index (χ4n) is 2.81. The Labute approximate surface area is 114 Å². The van der Waals surface area contributed by atoms with E-state index in [0.717, 1.165) is 44.3 Å². The number of hydrogen-bond donors (Lipinski definition) is 0. The Hall–Kier alpha value is -0.260. The molecule has 0 radical (unpaired) electrons.